The highest BCUT2D eigenvalue weighted by Gasteiger charge is 2.19. The van der Waals surface area contributed by atoms with E-state index in [0.717, 1.165) is 63.7 Å². The molecule has 6 nitrogen and oxygen atoms in total. The van der Waals surface area contributed by atoms with Crippen molar-refractivity contribution in [1.29, 1.82) is 0 Å². The van der Waals surface area contributed by atoms with Crippen LogP contribution >= 0.6 is 0 Å². The fourth-order valence-corrected chi connectivity index (χ4v) is 6.95. The van der Waals surface area contributed by atoms with Crippen molar-refractivity contribution in [1.82, 2.24) is 0 Å². The molecule has 1 unspecified atom stereocenters. The van der Waals surface area contributed by atoms with Gasteiger partial charge in [-0.15, -0.1) is 0 Å². The molecule has 0 aliphatic carbocycles. The van der Waals surface area contributed by atoms with Gasteiger partial charge in [-0.1, -0.05) is 220 Å². The predicted octanol–water partition coefficient (Wildman–Crippen LogP) is 14.7. The first-order chi connectivity index (χ1) is 25.9. The highest BCUT2D eigenvalue weighted by atomic mass is 16.6. The molecular weight excluding hydrogens is 661 g/mol. The quantitative estimate of drug-likeness (QED) is 0.0351. The Balaban J connectivity index is 4.29. The molecule has 0 aromatic carbocycles. The Morgan fingerprint density at radius 2 is 0.660 bits per heavy atom. The molecule has 0 spiro atoms. The van der Waals surface area contributed by atoms with Crippen LogP contribution in [0.2, 0.25) is 0 Å². The molecule has 0 aromatic rings. The molecule has 0 fully saturated rings. The van der Waals surface area contributed by atoms with E-state index in [1.807, 2.05) is 0 Å². The number of carbonyl (C=O) groups excluding carboxylic acids is 3. The van der Waals surface area contributed by atoms with Crippen LogP contribution in [0.15, 0.2) is 0 Å². The van der Waals surface area contributed by atoms with E-state index < -0.39 is 6.10 Å². The first-order valence-corrected chi connectivity index (χ1v) is 23.4. The van der Waals surface area contributed by atoms with E-state index in [2.05, 4.69) is 27.7 Å². The Hall–Kier alpha value is -1.59. The third kappa shape index (κ3) is 39.9. The maximum Gasteiger partial charge on any atom is 0.306 e. The van der Waals surface area contributed by atoms with Crippen LogP contribution in [0, 0.1) is 5.92 Å². The monoisotopic (exact) mass is 751 g/mol. The van der Waals surface area contributed by atoms with E-state index in [1.54, 1.807) is 0 Å². The third-order valence-electron chi connectivity index (χ3n) is 10.9. The second kappa shape index (κ2) is 41.6. The number of hydrogen-bond donors (Lipinski definition) is 0. The topological polar surface area (TPSA) is 78.9 Å². The van der Waals surface area contributed by atoms with Crippen molar-refractivity contribution in [3.8, 4) is 0 Å². The lowest BCUT2D eigenvalue weighted by Crippen LogP contribution is -2.30. The normalized spacial score (nSPS) is 12.5. The van der Waals surface area contributed by atoms with Crippen molar-refractivity contribution in [2.75, 3.05) is 13.2 Å². The van der Waals surface area contributed by atoms with Gasteiger partial charge in [0.25, 0.3) is 0 Å². The van der Waals surface area contributed by atoms with Crippen molar-refractivity contribution in [3.63, 3.8) is 0 Å². The van der Waals surface area contributed by atoms with Crippen LogP contribution < -0.4 is 0 Å². The number of carbonyl (C=O) groups is 3. The smallest absolute Gasteiger partial charge is 0.306 e. The molecule has 0 rings (SSSR count). The van der Waals surface area contributed by atoms with Crippen LogP contribution in [-0.4, -0.2) is 37.2 Å². The summed E-state index contributed by atoms with van der Waals surface area (Å²) in [7, 11) is 0. The van der Waals surface area contributed by atoms with E-state index in [-0.39, 0.29) is 31.1 Å². The maximum absolute atomic E-state index is 12.7. The Labute approximate surface area is 329 Å². The van der Waals surface area contributed by atoms with Gasteiger partial charge in [0.05, 0.1) is 0 Å². The summed E-state index contributed by atoms with van der Waals surface area (Å²) in [6.45, 7) is 8.96. The van der Waals surface area contributed by atoms with Crippen molar-refractivity contribution in [2.45, 2.75) is 265 Å². The molecule has 0 saturated carbocycles. The molecule has 0 heterocycles. The lowest BCUT2D eigenvalue weighted by atomic mass is 10.00. The van der Waals surface area contributed by atoms with Gasteiger partial charge in [-0.25, -0.2) is 0 Å². The number of hydrogen-bond acceptors (Lipinski definition) is 6. The molecule has 0 bridgehead atoms. The molecule has 2 atom stereocenters. The third-order valence-corrected chi connectivity index (χ3v) is 10.9. The van der Waals surface area contributed by atoms with Crippen molar-refractivity contribution in [3.05, 3.63) is 0 Å². The Morgan fingerprint density at radius 3 is 0.981 bits per heavy atom. The number of unbranched alkanes of at least 4 members (excludes halogenated alkanes) is 28. The largest absolute Gasteiger partial charge is 0.462 e. The fraction of sp³-hybridized carbons (Fsp3) is 0.936. The molecule has 0 aromatic heterocycles. The van der Waals surface area contributed by atoms with Crippen LogP contribution in [0.5, 0.6) is 0 Å². The van der Waals surface area contributed by atoms with Crippen LogP contribution in [0.1, 0.15) is 259 Å². The zero-order chi connectivity index (χ0) is 38.9. The fourth-order valence-electron chi connectivity index (χ4n) is 6.95. The van der Waals surface area contributed by atoms with Gasteiger partial charge in [-0.05, 0) is 25.2 Å². The molecule has 53 heavy (non-hydrogen) atoms. The Kier molecular flexibility index (Phi) is 40.3. The average Bonchev–Trinajstić information content (AvgIpc) is 3.15. The highest BCUT2D eigenvalue weighted by Crippen LogP contribution is 2.17. The van der Waals surface area contributed by atoms with Crippen LogP contribution in [-0.2, 0) is 28.6 Å². The molecule has 0 saturated heterocycles. The van der Waals surface area contributed by atoms with Crippen LogP contribution in [0.25, 0.3) is 0 Å². The summed E-state index contributed by atoms with van der Waals surface area (Å²) in [4.78, 5) is 37.7. The van der Waals surface area contributed by atoms with Gasteiger partial charge in [0.1, 0.15) is 13.2 Å². The average molecular weight is 751 g/mol. The number of rotatable bonds is 42. The summed E-state index contributed by atoms with van der Waals surface area (Å²) in [5.41, 5.74) is 0. The van der Waals surface area contributed by atoms with E-state index in [4.69, 9.17) is 14.2 Å². The van der Waals surface area contributed by atoms with E-state index >= 15 is 0 Å². The van der Waals surface area contributed by atoms with Gasteiger partial charge < -0.3 is 14.2 Å². The van der Waals surface area contributed by atoms with Crippen molar-refractivity contribution in [2.24, 2.45) is 5.92 Å². The summed E-state index contributed by atoms with van der Waals surface area (Å²) < 4.78 is 16.7. The molecule has 0 amide bonds. The Bertz CT molecular complexity index is 798. The summed E-state index contributed by atoms with van der Waals surface area (Å²) in [6.07, 6.45) is 40.9. The maximum atomic E-state index is 12.7. The van der Waals surface area contributed by atoms with Gasteiger partial charge >= 0.3 is 17.9 Å². The molecular formula is C47H90O6. The SMILES string of the molecule is CCCCCCCCCCCCCCCCCCC(=O)O[C@@H](COC(=O)CCCCCCCCCCC)COC(=O)CCCCCCCCC(C)CC. The molecule has 0 aliphatic rings. The summed E-state index contributed by atoms with van der Waals surface area (Å²) in [6, 6.07) is 0. The molecule has 314 valence electrons. The van der Waals surface area contributed by atoms with E-state index in [1.165, 1.54) is 154 Å². The summed E-state index contributed by atoms with van der Waals surface area (Å²) >= 11 is 0. The molecule has 6 heteroatoms. The second-order valence-electron chi connectivity index (χ2n) is 16.3. The number of esters is 3. The van der Waals surface area contributed by atoms with E-state index in [9.17, 15) is 14.4 Å². The van der Waals surface area contributed by atoms with E-state index in [0.29, 0.717) is 19.3 Å². The van der Waals surface area contributed by atoms with Crippen LogP contribution in [0.4, 0.5) is 0 Å². The van der Waals surface area contributed by atoms with Gasteiger partial charge in [0.15, 0.2) is 6.10 Å². The van der Waals surface area contributed by atoms with Gasteiger partial charge in [-0.2, -0.15) is 0 Å². The minimum absolute atomic E-state index is 0.0646. The first kappa shape index (κ1) is 51.4. The lowest BCUT2D eigenvalue weighted by molar-refractivity contribution is -0.167. The zero-order valence-corrected chi connectivity index (χ0v) is 36.0. The summed E-state index contributed by atoms with van der Waals surface area (Å²) in [5, 5.41) is 0. The second-order valence-corrected chi connectivity index (χ2v) is 16.3. The lowest BCUT2D eigenvalue weighted by Gasteiger charge is -2.18. The first-order valence-electron chi connectivity index (χ1n) is 23.4. The minimum Gasteiger partial charge on any atom is -0.462 e. The number of ether oxygens (including phenoxy) is 3. The summed E-state index contributed by atoms with van der Waals surface area (Å²) in [5.74, 6) is -0.0430. The highest BCUT2D eigenvalue weighted by molar-refractivity contribution is 5.71. The van der Waals surface area contributed by atoms with Gasteiger partial charge in [0, 0.05) is 19.3 Å². The molecule has 0 N–H and O–H groups in total. The molecule has 0 radical (unpaired) electrons. The Morgan fingerprint density at radius 1 is 0.377 bits per heavy atom. The van der Waals surface area contributed by atoms with Crippen molar-refractivity contribution < 1.29 is 28.6 Å². The standard InChI is InChI=1S/C47H90O6/c1-5-8-10-12-14-16-17-18-19-20-21-22-24-26-32-36-40-47(50)53-44(41-51-45(48)38-34-30-25-23-15-13-11-9-6-2)42-52-46(49)39-35-31-28-27-29-33-37-43(4)7-3/h43-44H,5-42H2,1-4H3/t43?,44-/m0/s1. The predicted molar refractivity (Wildman–Crippen MR) is 224 cm³/mol. The minimum atomic E-state index is -0.759. The molecule has 0 aliphatic heterocycles. The van der Waals surface area contributed by atoms with Crippen molar-refractivity contribution >= 4 is 17.9 Å². The zero-order valence-electron chi connectivity index (χ0n) is 36.0. The van der Waals surface area contributed by atoms with Crippen LogP contribution in [0.3, 0.4) is 0 Å². The van der Waals surface area contributed by atoms with Gasteiger partial charge in [-0.3, -0.25) is 14.4 Å². The van der Waals surface area contributed by atoms with Gasteiger partial charge in [0.2, 0.25) is 0 Å².